The number of hydrogen-bond donors (Lipinski definition) is 1. The lowest BCUT2D eigenvalue weighted by Gasteiger charge is -2.21. The van der Waals surface area contributed by atoms with E-state index in [2.05, 4.69) is 9.71 Å². The van der Waals surface area contributed by atoms with E-state index in [0.717, 1.165) is 25.8 Å². The van der Waals surface area contributed by atoms with Gasteiger partial charge in [-0.15, -0.1) is 4.40 Å². The molecule has 0 aromatic heterocycles. The third-order valence-corrected chi connectivity index (χ3v) is 6.84. The van der Waals surface area contributed by atoms with Gasteiger partial charge in [0, 0.05) is 31.3 Å². The van der Waals surface area contributed by atoms with Crippen LogP contribution in [0.25, 0.3) is 0 Å². The molecule has 2 aliphatic heterocycles. The fourth-order valence-electron chi connectivity index (χ4n) is 3.78. The smallest absolute Gasteiger partial charge is 0.284 e. The summed E-state index contributed by atoms with van der Waals surface area (Å²) in [4.78, 5) is 14.8. The van der Waals surface area contributed by atoms with Gasteiger partial charge in [0.15, 0.2) is 11.5 Å². The van der Waals surface area contributed by atoms with Gasteiger partial charge in [-0.1, -0.05) is 12.5 Å². The lowest BCUT2D eigenvalue weighted by molar-refractivity contribution is 0.102. The first-order valence-corrected chi connectivity index (χ1v) is 12.3. The number of benzene rings is 2. The minimum Gasteiger partial charge on any atom is -0.493 e. The summed E-state index contributed by atoms with van der Waals surface area (Å²) in [6.07, 6.45) is 3.60. The Hall–Kier alpha value is -3.27. The van der Waals surface area contributed by atoms with Gasteiger partial charge in [-0.25, -0.2) is 0 Å². The van der Waals surface area contributed by atoms with Crippen LogP contribution in [-0.2, 0) is 10.0 Å². The summed E-state index contributed by atoms with van der Waals surface area (Å²) >= 11 is 0. The lowest BCUT2D eigenvalue weighted by Crippen LogP contribution is -2.26. The van der Waals surface area contributed by atoms with E-state index in [0.29, 0.717) is 54.0 Å². The molecule has 2 heterocycles. The minimum atomic E-state index is -3.92. The number of sulfonamides is 1. The van der Waals surface area contributed by atoms with Crippen molar-refractivity contribution < 1.29 is 27.4 Å². The Labute approximate surface area is 193 Å². The highest BCUT2D eigenvalue weighted by Gasteiger charge is 2.22. The molecule has 0 bridgehead atoms. The fourth-order valence-corrected chi connectivity index (χ4v) is 4.92. The van der Waals surface area contributed by atoms with Gasteiger partial charge in [0.2, 0.25) is 5.75 Å². The Morgan fingerprint density at radius 2 is 1.94 bits per heavy atom. The Kier molecular flexibility index (Phi) is 6.73. The molecule has 0 atom stereocenters. The topological polar surface area (TPSA) is 107 Å². The van der Waals surface area contributed by atoms with Crippen LogP contribution in [0.5, 0.6) is 17.2 Å². The minimum absolute atomic E-state index is 0.0187. The number of rotatable bonds is 5. The quantitative estimate of drug-likeness (QED) is 0.710. The summed E-state index contributed by atoms with van der Waals surface area (Å²) in [6, 6.07) is 9.20. The number of hydrogen-bond acceptors (Lipinski definition) is 6. The zero-order valence-electron chi connectivity index (χ0n) is 18.7. The number of amidine groups is 1. The lowest BCUT2D eigenvalue weighted by atomic mass is 10.1. The van der Waals surface area contributed by atoms with Crippen LogP contribution < -0.4 is 19.5 Å². The van der Waals surface area contributed by atoms with Crippen LogP contribution in [0.15, 0.2) is 45.7 Å². The maximum absolute atomic E-state index is 12.9. The molecule has 9 nitrogen and oxygen atoms in total. The summed E-state index contributed by atoms with van der Waals surface area (Å²) in [7, 11) is -0.574. The van der Waals surface area contributed by atoms with E-state index in [1.54, 1.807) is 24.3 Å². The number of nitrogens with one attached hydrogen (secondary N) is 1. The monoisotopic (exact) mass is 473 g/mol. The Morgan fingerprint density at radius 3 is 2.76 bits per heavy atom. The standard InChI is InChI=1S/C23H27N3O6S/c1-26-10-5-3-4-9-21(26)25-33(28,29)18-8-6-7-17(15-18)24-23(27)16-13-19(30-2)22-20(14-16)31-11-12-32-22/h6-8,13-15H,3-5,9-12H2,1-2H3,(H,24,27)/b25-21-. The van der Waals surface area contributed by atoms with Crippen molar-refractivity contribution in [3.63, 3.8) is 0 Å². The van der Waals surface area contributed by atoms with Gasteiger partial charge in [0.25, 0.3) is 15.9 Å². The van der Waals surface area contributed by atoms with Crippen molar-refractivity contribution in [3.8, 4) is 17.2 Å². The van der Waals surface area contributed by atoms with E-state index in [-0.39, 0.29) is 4.90 Å². The first-order valence-electron chi connectivity index (χ1n) is 10.8. The van der Waals surface area contributed by atoms with Crippen molar-refractivity contribution in [2.24, 2.45) is 4.40 Å². The molecule has 1 fully saturated rings. The summed E-state index contributed by atoms with van der Waals surface area (Å²) in [5.41, 5.74) is 0.633. The molecule has 4 rings (SSSR count). The number of fused-ring (bicyclic) bond motifs is 1. The number of anilines is 1. The zero-order chi connectivity index (χ0) is 23.4. The Balaban J connectivity index is 1.56. The van der Waals surface area contributed by atoms with Crippen molar-refractivity contribution >= 4 is 27.5 Å². The molecule has 0 saturated carbocycles. The molecular weight excluding hydrogens is 446 g/mol. The molecule has 0 radical (unpaired) electrons. The first kappa shape index (κ1) is 22.9. The van der Waals surface area contributed by atoms with Crippen LogP contribution in [0.4, 0.5) is 5.69 Å². The molecule has 1 amide bonds. The number of likely N-dealkylation sites (tertiary alicyclic amines) is 1. The molecule has 176 valence electrons. The zero-order valence-corrected chi connectivity index (χ0v) is 19.5. The van der Waals surface area contributed by atoms with Crippen LogP contribution in [0.2, 0.25) is 0 Å². The number of methoxy groups -OCH3 is 1. The van der Waals surface area contributed by atoms with E-state index in [4.69, 9.17) is 14.2 Å². The van der Waals surface area contributed by atoms with E-state index in [1.807, 2.05) is 11.9 Å². The van der Waals surface area contributed by atoms with Gasteiger partial charge in [0.05, 0.1) is 12.0 Å². The van der Waals surface area contributed by atoms with Gasteiger partial charge in [-0.3, -0.25) is 4.79 Å². The maximum Gasteiger partial charge on any atom is 0.284 e. The first-order chi connectivity index (χ1) is 15.9. The van der Waals surface area contributed by atoms with Crippen molar-refractivity contribution in [1.82, 2.24) is 4.90 Å². The van der Waals surface area contributed by atoms with Gasteiger partial charge in [-0.2, -0.15) is 8.42 Å². The number of nitrogens with zero attached hydrogens (tertiary/aromatic N) is 2. The third-order valence-electron chi connectivity index (χ3n) is 5.54. The molecule has 0 spiro atoms. The van der Waals surface area contributed by atoms with Gasteiger partial charge in [0.1, 0.15) is 19.0 Å². The number of carbonyl (C=O) groups excluding carboxylic acids is 1. The second-order valence-corrected chi connectivity index (χ2v) is 9.50. The molecule has 1 N–H and O–H groups in total. The molecule has 1 saturated heterocycles. The highest BCUT2D eigenvalue weighted by atomic mass is 32.2. The average molecular weight is 474 g/mol. The second kappa shape index (κ2) is 9.70. The van der Waals surface area contributed by atoms with Crippen molar-refractivity contribution in [1.29, 1.82) is 0 Å². The van der Waals surface area contributed by atoms with Crippen molar-refractivity contribution in [2.45, 2.75) is 30.6 Å². The Bertz CT molecular complexity index is 1160. The van der Waals surface area contributed by atoms with E-state index >= 15 is 0 Å². The summed E-state index contributed by atoms with van der Waals surface area (Å²) in [6.45, 7) is 1.55. The van der Waals surface area contributed by atoms with Crippen LogP contribution in [0, 0.1) is 0 Å². The normalized spacial score (nSPS) is 17.4. The summed E-state index contributed by atoms with van der Waals surface area (Å²) in [5, 5.41) is 2.74. The van der Waals surface area contributed by atoms with E-state index < -0.39 is 15.9 Å². The Morgan fingerprint density at radius 1 is 1.12 bits per heavy atom. The molecule has 2 aromatic carbocycles. The molecular formula is C23H27N3O6S. The number of amides is 1. The molecule has 2 aromatic rings. The van der Waals surface area contributed by atoms with Crippen LogP contribution in [0.3, 0.4) is 0 Å². The van der Waals surface area contributed by atoms with Crippen molar-refractivity contribution in [2.75, 3.05) is 39.2 Å². The van der Waals surface area contributed by atoms with Crippen LogP contribution in [0.1, 0.15) is 36.0 Å². The predicted octanol–water partition coefficient (Wildman–Crippen LogP) is 3.31. The van der Waals surface area contributed by atoms with Crippen LogP contribution in [-0.4, -0.2) is 59.0 Å². The largest absolute Gasteiger partial charge is 0.493 e. The van der Waals surface area contributed by atoms with Crippen LogP contribution >= 0.6 is 0 Å². The average Bonchev–Trinajstić information content (AvgIpc) is 3.02. The fraction of sp³-hybridized carbons (Fsp3) is 0.391. The molecule has 0 aliphatic carbocycles. The third kappa shape index (κ3) is 5.22. The SMILES string of the molecule is COc1cc(C(=O)Nc2cccc(S(=O)(=O)/N=C3/CCCCCN3C)c2)cc2c1OCCO2. The second-order valence-electron chi connectivity index (χ2n) is 7.90. The number of carbonyl (C=O) groups is 1. The molecule has 33 heavy (non-hydrogen) atoms. The van der Waals surface area contributed by atoms with Crippen molar-refractivity contribution in [3.05, 3.63) is 42.0 Å². The molecule has 10 heteroatoms. The van der Waals surface area contributed by atoms with E-state index in [9.17, 15) is 13.2 Å². The van der Waals surface area contributed by atoms with Gasteiger partial charge >= 0.3 is 0 Å². The van der Waals surface area contributed by atoms with Gasteiger partial charge in [-0.05, 0) is 43.2 Å². The summed E-state index contributed by atoms with van der Waals surface area (Å²) in [5.74, 6) is 1.39. The number of ether oxygens (including phenoxy) is 3. The highest BCUT2D eigenvalue weighted by Crippen LogP contribution is 2.40. The van der Waals surface area contributed by atoms with E-state index in [1.165, 1.54) is 19.2 Å². The molecule has 2 aliphatic rings. The highest BCUT2D eigenvalue weighted by molar-refractivity contribution is 7.90. The summed E-state index contributed by atoms with van der Waals surface area (Å²) < 4.78 is 46.4. The molecule has 0 unspecified atom stereocenters. The maximum atomic E-state index is 12.9. The van der Waals surface area contributed by atoms with Gasteiger partial charge < -0.3 is 24.4 Å². The predicted molar refractivity (Wildman–Crippen MR) is 124 cm³/mol.